The first-order chi connectivity index (χ1) is 9.40. The van der Waals surface area contributed by atoms with Crippen molar-refractivity contribution in [1.82, 2.24) is 9.78 Å². The fourth-order valence-corrected chi connectivity index (χ4v) is 2.54. The molecule has 0 saturated carbocycles. The summed E-state index contributed by atoms with van der Waals surface area (Å²) in [6, 6.07) is 5.14. The molecule has 0 aliphatic rings. The monoisotopic (exact) mass is 386 g/mol. The average molecular weight is 386 g/mol. The summed E-state index contributed by atoms with van der Waals surface area (Å²) in [5, 5.41) is 18.5. The van der Waals surface area contributed by atoms with Crippen LogP contribution in [0.2, 0.25) is 0 Å². The van der Waals surface area contributed by atoms with Gasteiger partial charge in [0.05, 0.1) is 10.6 Å². The van der Waals surface area contributed by atoms with E-state index in [1.165, 1.54) is 0 Å². The van der Waals surface area contributed by atoms with E-state index in [1.807, 2.05) is 31.6 Å². The molecule has 0 spiro atoms. The molecule has 0 saturated heterocycles. The summed E-state index contributed by atoms with van der Waals surface area (Å²) in [6.45, 7) is 4.44. The Bertz CT molecular complexity index is 667. The van der Waals surface area contributed by atoms with Gasteiger partial charge in [0.15, 0.2) is 0 Å². The zero-order valence-electron chi connectivity index (χ0n) is 11.5. The lowest BCUT2D eigenvalue weighted by molar-refractivity contribution is -0.384. The first-order valence-corrected chi connectivity index (χ1v) is 7.15. The number of nitrogens with one attached hydrogen (secondary N) is 1. The topological polar surface area (TPSA) is 73.0 Å². The van der Waals surface area contributed by atoms with Crippen molar-refractivity contribution >= 4 is 34.0 Å². The zero-order chi connectivity index (χ0) is 14.9. The molecule has 1 N–H and O–H groups in total. The van der Waals surface area contributed by atoms with Gasteiger partial charge in [-0.05, 0) is 48.6 Å². The second kappa shape index (κ2) is 5.78. The van der Waals surface area contributed by atoms with Crippen LogP contribution in [0.25, 0.3) is 0 Å². The summed E-state index contributed by atoms with van der Waals surface area (Å²) in [4.78, 5) is 10.7. The Labute approximate surface area is 130 Å². The van der Waals surface area contributed by atoms with Crippen molar-refractivity contribution in [1.29, 1.82) is 0 Å². The Kier molecular flexibility index (Phi) is 4.26. The maximum Gasteiger partial charge on any atom is 0.293 e. The fraction of sp³-hybridized carbons (Fsp3) is 0.308. The molecule has 0 unspecified atom stereocenters. The molecule has 6 nitrogen and oxygen atoms in total. The molecule has 2 aromatic rings. The van der Waals surface area contributed by atoms with Gasteiger partial charge in [0.25, 0.3) is 5.69 Å². The van der Waals surface area contributed by atoms with Gasteiger partial charge in [-0.25, -0.2) is 0 Å². The van der Waals surface area contributed by atoms with Gasteiger partial charge in [0.1, 0.15) is 5.69 Å². The summed E-state index contributed by atoms with van der Waals surface area (Å²) in [5.74, 6) is 0. The molecule has 2 rings (SSSR count). The van der Waals surface area contributed by atoms with E-state index in [1.54, 1.807) is 12.1 Å². The Balaban J connectivity index is 2.25. The molecule has 106 valence electrons. The lowest BCUT2D eigenvalue weighted by Gasteiger charge is -2.08. The molecule has 0 amide bonds. The van der Waals surface area contributed by atoms with E-state index in [4.69, 9.17) is 0 Å². The van der Waals surface area contributed by atoms with Gasteiger partial charge < -0.3 is 5.32 Å². The Morgan fingerprint density at radius 2 is 2.15 bits per heavy atom. The van der Waals surface area contributed by atoms with Crippen molar-refractivity contribution < 1.29 is 4.92 Å². The smallest absolute Gasteiger partial charge is 0.293 e. The summed E-state index contributed by atoms with van der Waals surface area (Å²) in [7, 11) is 1.89. The molecule has 20 heavy (non-hydrogen) atoms. The number of hydrogen-bond donors (Lipinski definition) is 1. The number of nitro benzene ring substituents is 1. The number of benzene rings is 1. The highest BCUT2D eigenvalue weighted by molar-refractivity contribution is 14.1. The van der Waals surface area contributed by atoms with Crippen LogP contribution >= 0.6 is 22.6 Å². The summed E-state index contributed by atoms with van der Waals surface area (Å²) in [5.41, 5.74) is 3.68. The van der Waals surface area contributed by atoms with E-state index in [9.17, 15) is 10.1 Å². The molecule has 0 fully saturated rings. The largest absolute Gasteiger partial charge is 0.375 e. The van der Waals surface area contributed by atoms with E-state index in [-0.39, 0.29) is 10.6 Å². The number of aryl methyl sites for hydroxylation is 2. The second-order valence-corrected chi connectivity index (χ2v) is 5.79. The molecule has 1 aromatic heterocycles. The van der Waals surface area contributed by atoms with Crippen LogP contribution in [0, 0.1) is 27.5 Å². The van der Waals surface area contributed by atoms with Crippen molar-refractivity contribution in [3.8, 4) is 0 Å². The minimum Gasteiger partial charge on any atom is -0.375 e. The summed E-state index contributed by atoms with van der Waals surface area (Å²) >= 11 is 2.06. The van der Waals surface area contributed by atoms with E-state index in [2.05, 4.69) is 33.0 Å². The van der Waals surface area contributed by atoms with Crippen molar-refractivity contribution in [2.24, 2.45) is 7.05 Å². The van der Waals surface area contributed by atoms with Crippen LogP contribution in [0.3, 0.4) is 0 Å². The molecule has 0 bridgehead atoms. The molecular weight excluding hydrogens is 371 g/mol. The van der Waals surface area contributed by atoms with E-state index in [0.717, 1.165) is 20.5 Å². The van der Waals surface area contributed by atoms with E-state index < -0.39 is 0 Å². The standard InChI is InChI=1S/C13H15IN4O2/c1-8-11(9(2)17(3)16-8)7-15-12-5-4-10(14)6-13(12)18(19)20/h4-6,15H,7H2,1-3H3. The number of anilines is 1. The fourth-order valence-electron chi connectivity index (χ4n) is 2.06. The number of rotatable bonds is 4. The van der Waals surface area contributed by atoms with Gasteiger partial charge in [-0.15, -0.1) is 0 Å². The number of halogens is 1. The van der Waals surface area contributed by atoms with E-state index >= 15 is 0 Å². The highest BCUT2D eigenvalue weighted by Crippen LogP contribution is 2.27. The second-order valence-electron chi connectivity index (χ2n) is 4.55. The molecule has 1 aromatic carbocycles. The quantitative estimate of drug-likeness (QED) is 0.498. The number of hydrogen-bond acceptors (Lipinski definition) is 4. The highest BCUT2D eigenvalue weighted by Gasteiger charge is 2.15. The van der Waals surface area contributed by atoms with E-state index in [0.29, 0.717) is 12.2 Å². The van der Waals surface area contributed by atoms with Gasteiger partial charge in [0.2, 0.25) is 0 Å². The van der Waals surface area contributed by atoms with Crippen molar-refractivity contribution in [3.63, 3.8) is 0 Å². The lowest BCUT2D eigenvalue weighted by Crippen LogP contribution is -2.05. The SMILES string of the molecule is Cc1nn(C)c(C)c1CNc1ccc(I)cc1[N+](=O)[O-]. The van der Waals surface area contributed by atoms with Crippen LogP contribution in [0.15, 0.2) is 18.2 Å². The minimum absolute atomic E-state index is 0.0936. The maximum absolute atomic E-state index is 11.1. The van der Waals surface area contributed by atoms with Crippen LogP contribution < -0.4 is 5.32 Å². The van der Waals surface area contributed by atoms with Gasteiger partial charge in [-0.1, -0.05) is 0 Å². The predicted molar refractivity (Wildman–Crippen MR) is 85.8 cm³/mol. The third-order valence-electron chi connectivity index (χ3n) is 3.27. The maximum atomic E-state index is 11.1. The lowest BCUT2D eigenvalue weighted by atomic mass is 10.2. The Hall–Kier alpha value is -1.64. The zero-order valence-corrected chi connectivity index (χ0v) is 13.6. The molecule has 1 heterocycles. The number of nitro groups is 1. The number of aromatic nitrogens is 2. The van der Waals surface area contributed by atoms with Crippen LogP contribution in [-0.4, -0.2) is 14.7 Å². The predicted octanol–water partition coefficient (Wildman–Crippen LogP) is 3.16. The van der Waals surface area contributed by atoms with Crippen molar-refractivity contribution in [3.05, 3.63) is 48.8 Å². The van der Waals surface area contributed by atoms with Gasteiger partial charge in [0, 0.05) is 34.5 Å². The van der Waals surface area contributed by atoms with Gasteiger partial charge >= 0.3 is 0 Å². The average Bonchev–Trinajstić information content (AvgIpc) is 2.62. The van der Waals surface area contributed by atoms with Crippen LogP contribution in [0.1, 0.15) is 17.0 Å². The molecule has 0 aliphatic carbocycles. The van der Waals surface area contributed by atoms with Crippen LogP contribution in [0.4, 0.5) is 11.4 Å². The molecule has 0 radical (unpaired) electrons. The van der Waals surface area contributed by atoms with Gasteiger partial charge in [-0.3, -0.25) is 14.8 Å². The highest BCUT2D eigenvalue weighted by atomic mass is 127. The van der Waals surface area contributed by atoms with Gasteiger partial charge in [-0.2, -0.15) is 5.10 Å². The molecule has 0 atom stereocenters. The third-order valence-corrected chi connectivity index (χ3v) is 3.94. The Morgan fingerprint density at radius 1 is 1.45 bits per heavy atom. The van der Waals surface area contributed by atoms with Crippen molar-refractivity contribution in [2.75, 3.05) is 5.32 Å². The van der Waals surface area contributed by atoms with Crippen LogP contribution in [0.5, 0.6) is 0 Å². The first kappa shape index (κ1) is 14.8. The minimum atomic E-state index is -0.368. The molecular formula is C13H15IN4O2. The normalized spacial score (nSPS) is 10.6. The third kappa shape index (κ3) is 2.92. The van der Waals surface area contributed by atoms with Crippen molar-refractivity contribution in [2.45, 2.75) is 20.4 Å². The summed E-state index contributed by atoms with van der Waals surface area (Å²) in [6.07, 6.45) is 0. The molecule has 0 aliphatic heterocycles. The molecule has 7 heteroatoms. The number of nitrogens with zero attached hydrogens (tertiary/aromatic N) is 3. The van der Waals surface area contributed by atoms with Crippen LogP contribution in [-0.2, 0) is 13.6 Å². The summed E-state index contributed by atoms with van der Waals surface area (Å²) < 4.78 is 2.66. The first-order valence-electron chi connectivity index (χ1n) is 6.07. The Morgan fingerprint density at radius 3 is 2.70 bits per heavy atom.